The van der Waals surface area contributed by atoms with Crippen LogP contribution in [-0.2, 0) is 16.8 Å². The van der Waals surface area contributed by atoms with Crippen LogP contribution in [0, 0.1) is 5.82 Å². The van der Waals surface area contributed by atoms with E-state index in [4.69, 9.17) is 16.3 Å². The van der Waals surface area contributed by atoms with E-state index in [-0.39, 0.29) is 22.4 Å². The topological polar surface area (TPSA) is 96.4 Å². The van der Waals surface area contributed by atoms with Crippen LogP contribution < -0.4 is 15.4 Å². The van der Waals surface area contributed by atoms with E-state index in [9.17, 15) is 14.3 Å². The van der Waals surface area contributed by atoms with Gasteiger partial charge in [0.2, 0.25) is 5.91 Å². The molecule has 0 aliphatic rings. The summed E-state index contributed by atoms with van der Waals surface area (Å²) in [6, 6.07) is 12.6. The molecule has 0 unspecified atom stereocenters. The van der Waals surface area contributed by atoms with Crippen LogP contribution in [0.1, 0.15) is 31.9 Å². The third-order valence-electron chi connectivity index (χ3n) is 5.69. The number of fused-ring (bicyclic) bond motifs is 1. The van der Waals surface area contributed by atoms with E-state index in [1.165, 1.54) is 30.6 Å². The molecule has 0 saturated carbocycles. The predicted molar refractivity (Wildman–Crippen MR) is 144 cm³/mol. The van der Waals surface area contributed by atoms with Crippen LogP contribution in [0.2, 0.25) is 5.02 Å². The van der Waals surface area contributed by atoms with Gasteiger partial charge in [-0.15, -0.1) is 0 Å². The Morgan fingerprint density at radius 3 is 2.65 bits per heavy atom. The summed E-state index contributed by atoms with van der Waals surface area (Å²) in [5, 5.41) is 17.9. The van der Waals surface area contributed by atoms with E-state index in [0.29, 0.717) is 40.1 Å². The Kier molecular flexibility index (Phi) is 7.42. The molecule has 37 heavy (non-hydrogen) atoms. The number of rotatable bonds is 8. The van der Waals surface area contributed by atoms with E-state index < -0.39 is 11.4 Å². The highest BCUT2D eigenvalue weighted by atomic mass is 35.5. The predicted octanol–water partition coefficient (Wildman–Crippen LogP) is 6.87. The molecular formula is C28H26ClFN4O3. The molecule has 0 aliphatic carbocycles. The van der Waals surface area contributed by atoms with Crippen molar-refractivity contribution >= 4 is 45.6 Å². The quantitative estimate of drug-likeness (QED) is 0.219. The minimum Gasteiger partial charge on any atom is -0.456 e. The Morgan fingerprint density at radius 1 is 1.19 bits per heavy atom. The Balaban J connectivity index is 1.79. The summed E-state index contributed by atoms with van der Waals surface area (Å²) < 4.78 is 19.4. The molecule has 0 aliphatic heterocycles. The first kappa shape index (κ1) is 26.1. The number of carbonyl (C=O) groups is 1. The number of nitrogens with zero attached hydrogens (tertiary/aromatic N) is 2. The fourth-order valence-electron chi connectivity index (χ4n) is 3.86. The summed E-state index contributed by atoms with van der Waals surface area (Å²) in [5.74, 6) is 0.198. The summed E-state index contributed by atoms with van der Waals surface area (Å²) in [6.45, 7) is 8.75. The first-order chi connectivity index (χ1) is 17.6. The SMILES string of the molecule is C=CC(=O)Nc1cc2c(Nc3cc(Cl)c(Oc4cccc(F)c4)cc3C(C)(C)O)ncnc2cc1CC. The van der Waals surface area contributed by atoms with Gasteiger partial charge in [-0.2, -0.15) is 0 Å². The van der Waals surface area contributed by atoms with E-state index >= 15 is 0 Å². The maximum absolute atomic E-state index is 13.6. The summed E-state index contributed by atoms with van der Waals surface area (Å²) in [4.78, 5) is 20.8. The van der Waals surface area contributed by atoms with Crippen molar-refractivity contribution in [2.45, 2.75) is 32.8 Å². The van der Waals surface area contributed by atoms with Crippen molar-refractivity contribution in [3.8, 4) is 11.5 Å². The number of carbonyl (C=O) groups excluding carboxylic acids is 1. The van der Waals surface area contributed by atoms with Crippen LogP contribution in [-0.4, -0.2) is 21.0 Å². The Hall–Kier alpha value is -4.01. The molecule has 0 spiro atoms. The monoisotopic (exact) mass is 520 g/mol. The normalized spacial score (nSPS) is 11.3. The van der Waals surface area contributed by atoms with Crippen molar-refractivity contribution in [1.82, 2.24) is 9.97 Å². The highest BCUT2D eigenvalue weighted by molar-refractivity contribution is 6.32. The maximum Gasteiger partial charge on any atom is 0.247 e. The largest absolute Gasteiger partial charge is 0.456 e. The Labute approximate surface area is 219 Å². The lowest BCUT2D eigenvalue weighted by molar-refractivity contribution is -0.111. The second-order valence-electron chi connectivity index (χ2n) is 8.87. The van der Waals surface area contributed by atoms with Gasteiger partial charge in [-0.3, -0.25) is 4.79 Å². The number of aliphatic hydroxyl groups is 1. The number of hydrogen-bond acceptors (Lipinski definition) is 6. The van der Waals surface area contributed by atoms with Crippen molar-refractivity contribution in [2.24, 2.45) is 0 Å². The fraction of sp³-hybridized carbons (Fsp3) is 0.179. The van der Waals surface area contributed by atoms with Gasteiger partial charge in [-0.25, -0.2) is 14.4 Å². The average Bonchev–Trinajstić information content (AvgIpc) is 2.84. The molecule has 9 heteroatoms. The van der Waals surface area contributed by atoms with Crippen molar-refractivity contribution in [1.29, 1.82) is 0 Å². The molecular weight excluding hydrogens is 495 g/mol. The van der Waals surface area contributed by atoms with Crippen LogP contribution in [0.5, 0.6) is 11.5 Å². The van der Waals surface area contributed by atoms with Crippen LogP contribution in [0.25, 0.3) is 10.9 Å². The number of hydrogen-bond donors (Lipinski definition) is 3. The summed E-state index contributed by atoms with van der Waals surface area (Å²) in [7, 11) is 0. The maximum atomic E-state index is 13.6. The van der Waals surface area contributed by atoms with Gasteiger partial charge in [-0.1, -0.05) is 31.2 Å². The second kappa shape index (κ2) is 10.5. The first-order valence-corrected chi connectivity index (χ1v) is 11.9. The zero-order chi connectivity index (χ0) is 26.7. The van der Waals surface area contributed by atoms with Crippen LogP contribution in [0.15, 0.2) is 67.5 Å². The van der Waals surface area contributed by atoms with Crippen LogP contribution >= 0.6 is 11.6 Å². The van der Waals surface area contributed by atoms with Gasteiger partial charge in [0.1, 0.15) is 29.5 Å². The lowest BCUT2D eigenvalue weighted by Gasteiger charge is -2.24. The van der Waals surface area contributed by atoms with Crippen molar-refractivity contribution in [2.75, 3.05) is 10.6 Å². The molecule has 1 amide bonds. The highest BCUT2D eigenvalue weighted by Gasteiger charge is 2.24. The van der Waals surface area contributed by atoms with Gasteiger partial charge < -0.3 is 20.5 Å². The lowest BCUT2D eigenvalue weighted by Crippen LogP contribution is -2.18. The molecule has 1 aromatic heterocycles. The third-order valence-corrected chi connectivity index (χ3v) is 5.99. The molecule has 190 valence electrons. The van der Waals surface area contributed by atoms with Crippen molar-refractivity contribution in [3.63, 3.8) is 0 Å². The molecule has 0 saturated heterocycles. The number of nitrogens with one attached hydrogen (secondary N) is 2. The lowest BCUT2D eigenvalue weighted by atomic mass is 9.96. The highest BCUT2D eigenvalue weighted by Crippen LogP contribution is 2.40. The zero-order valence-electron chi connectivity index (χ0n) is 20.6. The van der Waals surface area contributed by atoms with E-state index in [0.717, 1.165) is 5.56 Å². The summed E-state index contributed by atoms with van der Waals surface area (Å²) in [5.41, 5.74) is 1.87. The minimum absolute atomic E-state index is 0.241. The number of ether oxygens (including phenoxy) is 1. The molecule has 0 fully saturated rings. The van der Waals surface area contributed by atoms with Gasteiger partial charge in [0.05, 0.1) is 16.1 Å². The van der Waals surface area contributed by atoms with Crippen molar-refractivity contribution in [3.05, 3.63) is 89.5 Å². The van der Waals surface area contributed by atoms with E-state index in [1.54, 1.807) is 38.1 Å². The molecule has 0 bridgehead atoms. The third kappa shape index (κ3) is 5.87. The number of amides is 1. The molecule has 1 heterocycles. The van der Waals surface area contributed by atoms with Gasteiger partial charge in [0, 0.05) is 28.4 Å². The number of benzene rings is 3. The smallest absolute Gasteiger partial charge is 0.247 e. The molecule has 4 rings (SSSR count). The van der Waals surface area contributed by atoms with Crippen LogP contribution in [0.3, 0.4) is 0 Å². The Morgan fingerprint density at radius 2 is 1.97 bits per heavy atom. The first-order valence-electron chi connectivity index (χ1n) is 11.6. The number of aromatic nitrogens is 2. The van der Waals surface area contributed by atoms with Gasteiger partial charge in [0.15, 0.2) is 0 Å². The summed E-state index contributed by atoms with van der Waals surface area (Å²) >= 11 is 6.53. The molecule has 3 N–H and O–H groups in total. The van der Waals surface area contributed by atoms with Gasteiger partial charge in [0.25, 0.3) is 0 Å². The number of anilines is 3. The van der Waals surface area contributed by atoms with Crippen molar-refractivity contribution < 1.29 is 19.0 Å². The number of halogens is 2. The van der Waals surface area contributed by atoms with E-state index in [2.05, 4.69) is 27.2 Å². The zero-order valence-corrected chi connectivity index (χ0v) is 21.4. The Bertz CT molecular complexity index is 1500. The number of aryl methyl sites for hydroxylation is 1. The molecule has 0 atom stereocenters. The molecule has 7 nitrogen and oxygen atoms in total. The standard InChI is InChI=1S/C28H26ClFN4O3/c1-5-16-10-23-19(12-22(16)33-26(35)6-2)27(32-15-31-23)34-24-14-21(29)25(13-20(24)28(3,4)36)37-18-9-7-8-17(30)11-18/h6-15,36H,2,5H2,1,3-4H3,(H,33,35)(H,31,32,34). The van der Waals surface area contributed by atoms with Gasteiger partial charge in [-0.05, 0) is 68.3 Å². The molecule has 0 radical (unpaired) electrons. The van der Waals surface area contributed by atoms with Crippen LogP contribution in [0.4, 0.5) is 21.6 Å². The second-order valence-corrected chi connectivity index (χ2v) is 9.27. The average molecular weight is 521 g/mol. The molecule has 3 aromatic carbocycles. The molecule has 4 aromatic rings. The fourth-order valence-corrected chi connectivity index (χ4v) is 4.07. The van der Waals surface area contributed by atoms with Gasteiger partial charge >= 0.3 is 0 Å². The minimum atomic E-state index is -1.30. The summed E-state index contributed by atoms with van der Waals surface area (Å²) in [6.07, 6.45) is 3.31. The van der Waals surface area contributed by atoms with E-state index in [1.807, 2.05) is 13.0 Å².